The molecule has 1 fully saturated rings. The highest BCUT2D eigenvalue weighted by Gasteiger charge is 2.48. The number of carbonyl (C=O) groups excluding carboxylic acids is 1. The Labute approximate surface area is 169 Å². The molecule has 1 amide bonds. The van der Waals surface area contributed by atoms with Crippen molar-refractivity contribution in [2.24, 2.45) is 0 Å². The van der Waals surface area contributed by atoms with Gasteiger partial charge in [-0.2, -0.15) is 13.2 Å². The summed E-state index contributed by atoms with van der Waals surface area (Å²) >= 11 is 5.94. The van der Waals surface area contributed by atoms with Crippen molar-refractivity contribution in [3.63, 3.8) is 0 Å². The van der Waals surface area contributed by atoms with Crippen LogP contribution in [0.3, 0.4) is 0 Å². The summed E-state index contributed by atoms with van der Waals surface area (Å²) in [5, 5.41) is 2.72. The minimum absolute atomic E-state index is 0.0741. The zero-order valence-electron chi connectivity index (χ0n) is 15.2. The van der Waals surface area contributed by atoms with Gasteiger partial charge in [0.1, 0.15) is 17.6 Å². The summed E-state index contributed by atoms with van der Waals surface area (Å²) in [4.78, 5) is 12.5. The lowest BCUT2D eigenvalue weighted by Crippen LogP contribution is -2.43. The molecule has 29 heavy (non-hydrogen) atoms. The number of rotatable bonds is 5. The number of hydrazine groups is 1. The summed E-state index contributed by atoms with van der Waals surface area (Å²) < 4.78 is 58.6. The molecule has 10 heteroatoms. The molecule has 0 radical (unpaired) electrons. The lowest BCUT2D eigenvalue weighted by atomic mass is 9.91. The first kappa shape index (κ1) is 21.4. The Morgan fingerprint density at radius 2 is 2.07 bits per heavy atom. The number of methoxy groups -OCH3 is 1. The molecule has 1 aliphatic rings. The van der Waals surface area contributed by atoms with Crippen LogP contribution in [0.15, 0.2) is 36.4 Å². The molecule has 0 bridgehead atoms. The average molecular weight is 432 g/mol. The van der Waals surface area contributed by atoms with Gasteiger partial charge in [-0.3, -0.25) is 10.2 Å². The summed E-state index contributed by atoms with van der Waals surface area (Å²) in [6, 6.07) is 6.67. The Morgan fingerprint density at radius 3 is 2.72 bits per heavy atom. The minimum atomic E-state index is -4.43. The molecule has 0 spiro atoms. The van der Waals surface area contributed by atoms with Gasteiger partial charge in [0.05, 0.1) is 12.7 Å². The second kappa shape index (κ2) is 8.56. The van der Waals surface area contributed by atoms with Crippen molar-refractivity contribution in [3.05, 3.63) is 63.9 Å². The standard InChI is InChI=1S/C19H18ClF4N3O2/c1-29-16-7-10(12-9-26-27-17(12)19(22,23)24)5-6-11(16)18(28)25-8-13-14(20)3-2-4-15(13)21/h2-7,12,17,26-27H,8-9H2,1H3,(H,25,28). The maximum atomic E-state index is 13.8. The Bertz CT molecular complexity index is 887. The van der Waals surface area contributed by atoms with Crippen LogP contribution in [0, 0.1) is 5.82 Å². The van der Waals surface area contributed by atoms with Crippen molar-refractivity contribution >= 4 is 17.5 Å². The van der Waals surface area contributed by atoms with Crippen molar-refractivity contribution in [1.29, 1.82) is 0 Å². The molecule has 1 heterocycles. The predicted octanol–water partition coefficient (Wildman–Crippen LogP) is 3.54. The lowest BCUT2D eigenvalue weighted by Gasteiger charge is -2.22. The van der Waals surface area contributed by atoms with E-state index in [9.17, 15) is 22.4 Å². The summed E-state index contributed by atoms with van der Waals surface area (Å²) in [5.41, 5.74) is 5.36. The summed E-state index contributed by atoms with van der Waals surface area (Å²) in [7, 11) is 1.32. The average Bonchev–Trinajstić information content (AvgIpc) is 3.17. The molecule has 0 aromatic heterocycles. The van der Waals surface area contributed by atoms with Crippen molar-refractivity contribution in [2.75, 3.05) is 13.7 Å². The zero-order valence-corrected chi connectivity index (χ0v) is 16.0. The monoisotopic (exact) mass is 431 g/mol. The van der Waals surface area contributed by atoms with Gasteiger partial charge in [-0.15, -0.1) is 0 Å². The third-order valence-electron chi connectivity index (χ3n) is 4.72. The third-order valence-corrected chi connectivity index (χ3v) is 5.07. The Morgan fingerprint density at radius 1 is 1.31 bits per heavy atom. The van der Waals surface area contributed by atoms with E-state index in [4.69, 9.17) is 16.3 Å². The molecule has 1 saturated heterocycles. The largest absolute Gasteiger partial charge is 0.496 e. The van der Waals surface area contributed by atoms with Gasteiger partial charge in [-0.25, -0.2) is 9.82 Å². The van der Waals surface area contributed by atoms with Crippen molar-refractivity contribution in [2.45, 2.75) is 24.7 Å². The molecule has 3 N–H and O–H groups in total. The fourth-order valence-electron chi connectivity index (χ4n) is 3.21. The first-order valence-corrected chi connectivity index (χ1v) is 9.04. The van der Waals surface area contributed by atoms with Gasteiger partial charge in [0.15, 0.2) is 0 Å². The first-order valence-electron chi connectivity index (χ1n) is 8.66. The molecule has 0 aliphatic carbocycles. The maximum Gasteiger partial charge on any atom is 0.405 e. The van der Waals surface area contributed by atoms with E-state index in [1.807, 2.05) is 0 Å². The van der Waals surface area contributed by atoms with E-state index in [2.05, 4.69) is 16.2 Å². The van der Waals surface area contributed by atoms with E-state index >= 15 is 0 Å². The third kappa shape index (κ3) is 4.63. The number of carbonyl (C=O) groups is 1. The molecule has 2 aromatic carbocycles. The molecular weight excluding hydrogens is 414 g/mol. The molecule has 156 valence electrons. The second-order valence-electron chi connectivity index (χ2n) is 6.49. The summed E-state index contributed by atoms with van der Waals surface area (Å²) in [6.45, 7) is -0.0769. The summed E-state index contributed by atoms with van der Waals surface area (Å²) in [5.74, 6) is -1.88. The van der Waals surface area contributed by atoms with Gasteiger partial charge in [0.25, 0.3) is 5.91 Å². The van der Waals surface area contributed by atoms with Gasteiger partial charge >= 0.3 is 6.18 Å². The molecular formula is C19H18ClF4N3O2. The van der Waals surface area contributed by atoms with E-state index in [1.54, 1.807) is 0 Å². The number of alkyl halides is 3. The highest BCUT2D eigenvalue weighted by Crippen LogP contribution is 2.35. The Balaban J connectivity index is 1.79. The molecule has 2 unspecified atom stereocenters. The Kier molecular flexibility index (Phi) is 6.30. The van der Waals surface area contributed by atoms with Crippen molar-refractivity contribution in [1.82, 2.24) is 16.2 Å². The number of benzene rings is 2. The highest BCUT2D eigenvalue weighted by molar-refractivity contribution is 6.31. The maximum absolute atomic E-state index is 13.8. The van der Waals surface area contributed by atoms with Crippen LogP contribution in [0.2, 0.25) is 5.02 Å². The van der Waals surface area contributed by atoms with E-state index in [1.165, 1.54) is 43.5 Å². The number of halogens is 5. The van der Waals surface area contributed by atoms with Crippen LogP contribution in [0.5, 0.6) is 5.75 Å². The van der Waals surface area contributed by atoms with Crippen LogP contribution in [0.1, 0.15) is 27.4 Å². The minimum Gasteiger partial charge on any atom is -0.496 e. The SMILES string of the molecule is COc1cc(C2CNNC2C(F)(F)F)ccc1C(=O)NCc1c(F)cccc1Cl. The Hall–Kier alpha value is -2.36. The number of amides is 1. The van der Waals surface area contributed by atoms with E-state index < -0.39 is 29.9 Å². The van der Waals surface area contributed by atoms with E-state index in [0.29, 0.717) is 5.56 Å². The van der Waals surface area contributed by atoms with Crippen LogP contribution >= 0.6 is 11.6 Å². The van der Waals surface area contributed by atoms with Gasteiger partial charge in [0, 0.05) is 29.6 Å². The number of hydrogen-bond acceptors (Lipinski definition) is 4. The van der Waals surface area contributed by atoms with Crippen LogP contribution in [0.25, 0.3) is 0 Å². The fraction of sp³-hybridized carbons (Fsp3) is 0.316. The molecule has 2 atom stereocenters. The lowest BCUT2D eigenvalue weighted by molar-refractivity contribution is -0.156. The number of hydrogen-bond donors (Lipinski definition) is 3. The zero-order chi connectivity index (χ0) is 21.2. The smallest absolute Gasteiger partial charge is 0.405 e. The van der Waals surface area contributed by atoms with Crippen LogP contribution in [-0.2, 0) is 6.54 Å². The van der Waals surface area contributed by atoms with Crippen LogP contribution < -0.4 is 20.9 Å². The normalized spacial score (nSPS) is 19.2. The van der Waals surface area contributed by atoms with Crippen molar-refractivity contribution in [3.8, 4) is 5.75 Å². The van der Waals surface area contributed by atoms with Gasteiger partial charge in [-0.1, -0.05) is 23.7 Å². The quantitative estimate of drug-likeness (QED) is 0.634. The topological polar surface area (TPSA) is 62.4 Å². The van der Waals surface area contributed by atoms with Crippen molar-refractivity contribution < 1.29 is 27.1 Å². The molecule has 2 aromatic rings. The van der Waals surface area contributed by atoms with Crippen LogP contribution in [-0.4, -0.2) is 31.8 Å². The highest BCUT2D eigenvalue weighted by atomic mass is 35.5. The van der Waals surface area contributed by atoms with Gasteiger partial charge in [-0.05, 0) is 29.8 Å². The molecule has 5 nitrogen and oxygen atoms in total. The number of ether oxygens (including phenoxy) is 1. The number of nitrogens with one attached hydrogen (secondary N) is 3. The van der Waals surface area contributed by atoms with Crippen LogP contribution in [0.4, 0.5) is 17.6 Å². The first-order chi connectivity index (χ1) is 13.7. The predicted molar refractivity (Wildman–Crippen MR) is 99.3 cm³/mol. The van der Waals surface area contributed by atoms with E-state index in [-0.39, 0.29) is 35.0 Å². The summed E-state index contributed by atoms with van der Waals surface area (Å²) in [6.07, 6.45) is -4.43. The van der Waals surface area contributed by atoms with Gasteiger partial charge in [0.2, 0.25) is 0 Å². The molecule has 0 saturated carbocycles. The molecule has 3 rings (SSSR count). The second-order valence-corrected chi connectivity index (χ2v) is 6.90. The molecule has 1 aliphatic heterocycles. The van der Waals surface area contributed by atoms with E-state index in [0.717, 1.165) is 0 Å². The van der Waals surface area contributed by atoms with Gasteiger partial charge < -0.3 is 10.1 Å². The fourth-order valence-corrected chi connectivity index (χ4v) is 3.44.